The summed E-state index contributed by atoms with van der Waals surface area (Å²) in [5.41, 5.74) is 1.20. The fourth-order valence-electron chi connectivity index (χ4n) is 2.95. The van der Waals surface area contributed by atoms with Crippen molar-refractivity contribution in [3.05, 3.63) is 29.8 Å². The molecule has 2 unspecified atom stereocenters. The minimum atomic E-state index is 0.188. The Balaban J connectivity index is 2.02. The van der Waals surface area contributed by atoms with Gasteiger partial charge in [-0.2, -0.15) is 0 Å². The van der Waals surface area contributed by atoms with Crippen LogP contribution in [-0.4, -0.2) is 64.4 Å². The first-order chi connectivity index (χ1) is 12.1. The molecule has 2 rings (SSSR count). The first kappa shape index (κ1) is 19.5. The van der Waals surface area contributed by atoms with Crippen LogP contribution in [0.4, 0.5) is 0 Å². The Morgan fingerprint density at radius 3 is 2.88 bits per heavy atom. The largest absolute Gasteiger partial charge is 0.497 e. The fraction of sp³-hybridized carbons (Fsp3) is 0.632. The summed E-state index contributed by atoms with van der Waals surface area (Å²) in [5.74, 6) is 1.71. The zero-order chi connectivity index (χ0) is 18.1. The van der Waals surface area contributed by atoms with E-state index in [0.717, 1.165) is 44.2 Å². The summed E-state index contributed by atoms with van der Waals surface area (Å²) in [7, 11) is 5.85. The number of nitrogens with one attached hydrogen (secondary N) is 2. The predicted molar refractivity (Wildman–Crippen MR) is 102 cm³/mol. The van der Waals surface area contributed by atoms with E-state index in [0.29, 0.717) is 12.6 Å². The van der Waals surface area contributed by atoms with Gasteiger partial charge in [0, 0.05) is 19.7 Å². The monoisotopic (exact) mass is 348 g/mol. The highest BCUT2D eigenvalue weighted by molar-refractivity contribution is 5.79. The van der Waals surface area contributed by atoms with Crippen LogP contribution in [-0.2, 0) is 4.74 Å². The predicted octanol–water partition coefficient (Wildman–Crippen LogP) is 2.03. The second-order valence-corrected chi connectivity index (χ2v) is 6.49. The van der Waals surface area contributed by atoms with Gasteiger partial charge in [0.2, 0.25) is 0 Å². The van der Waals surface area contributed by atoms with Gasteiger partial charge in [-0.1, -0.05) is 12.1 Å². The molecule has 1 aliphatic heterocycles. The standard InChI is InChI=1S/C19H32N4O2/c1-5-20-19(21-13-17-10-7-11-25-17)22-14-18(23(2)3)15-8-6-9-16(12-15)24-4/h6,8-9,12,17-18H,5,7,10-11,13-14H2,1-4H3,(H2,20,21,22). The van der Waals surface area contributed by atoms with Crippen LogP contribution in [0.2, 0.25) is 0 Å². The molecule has 6 nitrogen and oxygen atoms in total. The summed E-state index contributed by atoms with van der Waals surface area (Å²) in [6.07, 6.45) is 2.57. The zero-order valence-electron chi connectivity index (χ0n) is 15.9. The van der Waals surface area contributed by atoms with E-state index in [1.54, 1.807) is 7.11 Å². The van der Waals surface area contributed by atoms with Crippen LogP contribution in [0.3, 0.4) is 0 Å². The second-order valence-electron chi connectivity index (χ2n) is 6.49. The number of hydrogen-bond acceptors (Lipinski definition) is 4. The highest BCUT2D eigenvalue weighted by atomic mass is 16.5. The Bertz CT molecular complexity index is 542. The van der Waals surface area contributed by atoms with Gasteiger partial charge in [0.25, 0.3) is 0 Å². The summed E-state index contributed by atoms with van der Waals surface area (Å²) in [6, 6.07) is 8.37. The normalized spacial score (nSPS) is 19.1. The molecule has 1 aromatic rings. The topological polar surface area (TPSA) is 58.1 Å². The van der Waals surface area contributed by atoms with Crippen molar-refractivity contribution in [1.29, 1.82) is 0 Å². The van der Waals surface area contributed by atoms with Gasteiger partial charge in [-0.3, -0.25) is 4.99 Å². The number of ether oxygens (including phenoxy) is 2. The van der Waals surface area contributed by atoms with Crippen molar-refractivity contribution in [2.75, 3.05) is 47.4 Å². The summed E-state index contributed by atoms with van der Waals surface area (Å²) >= 11 is 0. The van der Waals surface area contributed by atoms with Gasteiger partial charge in [0.15, 0.2) is 5.96 Å². The van der Waals surface area contributed by atoms with Crippen LogP contribution >= 0.6 is 0 Å². The summed E-state index contributed by atoms with van der Waals surface area (Å²) in [5, 5.41) is 6.72. The van der Waals surface area contributed by atoms with E-state index < -0.39 is 0 Å². The molecule has 2 atom stereocenters. The lowest BCUT2D eigenvalue weighted by Gasteiger charge is -2.24. The highest BCUT2D eigenvalue weighted by Gasteiger charge is 2.17. The summed E-state index contributed by atoms with van der Waals surface area (Å²) in [4.78, 5) is 6.97. The minimum Gasteiger partial charge on any atom is -0.497 e. The number of methoxy groups -OCH3 is 1. The molecule has 2 N–H and O–H groups in total. The lowest BCUT2D eigenvalue weighted by molar-refractivity contribution is 0.114. The van der Waals surface area contributed by atoms with E-state index in [9.17, 15) is 0 Å². The van der Waals surface area contributed by atoms with E-state index in [-0.39, 0.29) is 6.04 Å². The molecule has 0 amide bonds. The van der Waals surface area contributed by atoms with E-state index in [1.165, 1.54) is 5.56 Å². The van der Waals surface area contributed by atoms with Crippen LogP contribution in [0.15, 0.2) is 29.3 Å². The minimum absolute atomic E-state index is 0.188. The van der Waals surface area contributed by atoms with Crippen LogP contribution in [0.1, 0.15) is 31.4 Å². The van der Waals surface area contributed by atoms with Crippen molar-refractivity contribution in [2.45, 2.75) is 31.9 Å². The second kappa shape index (κ2) is 10.3. The SMILES string of the molecule is CCNC(=NCC(c1cccc(OC)c1)N(C)C)NCC1CCCO1. The van der Waals surface area contributed by atoms with E-state index in [4.69, 9.17) is 14.5 Å². The highest BCUT2D eigenvalue weighted by Crippen LogP contribution is 2.22. The molecule has 6 heteroatoms. The van der Waals surface area contributed by atoms with E-state index >= 15 is 0 Å². The van der Waals surface area contributed by atoms with Gasteiger partial charge in [0.05, 0.1) is 25.8 Å². The molecule has 1 heterocycles. The Kier molecular flexibility index (Phi) is 8.01. The van der Waals surface area contributed by atoms with Crippen molar-refractivity contribution in [3.8, 4) is 5.75 Å². The third-order valence-electron chi connectivity index (χ3n) is 4.39. The lowest BCUT2D eigenvalue weighted by Crippen LogP contribution is -2.41. The van der Waals surface area contributed by atoms with E-state index in [1.807, 2.05) is 12.1 Å². The molecular formula is C19H32N4O2. The molecule has 140 valence electrons. The Hall–Kier alpha value is -1.79. The van der Waals surface area contributed by atoms with Crippen molar-refractivity contribution in [3.63, 3.8) is 0 Å². The number of hydrogen-bond donors (Lipinski definition) is 2. The van der Waals surface area contributed by atoms with Gasteiger partial charge in [-0.05, 0) is 51.6 Å². The Morgan fingerprint density at radius 1 is 1.40 bits per heavy atom. The summed E-state index contributed by atoms with van der Waals surface area (Å²) in [6.45, 7) is 5.26. The van der Waals surface area contributed by atoms with Crippen LogP contribution < -0.4 is 15.4 Å². The number of likely N-dealkylation sites (N-methyl/N-ethyl adjacent to an activating group) is 1. The molecule has 25 heavy (non-hydrogen) atoms. The van der Waals surface area contributed by atoms with Crippen LogP contribution in [0.5, 0.6) is 5.75 Å². The Labute approximate surface area is 151 Å². The molecule has 0 bridgehead atoms. The number of guanidine groups is 1. The number of rotatable bonds is 8. The molecular weight excluding hydrogens is 316 g/mol. The molecule has 1 aromatic carbocycles. The molecule has 0 radical (unpaired) electrons. The van der Waals surface area contributed by atoms with Crippen LogP contribution in [0.25, 0.3) is 0 Å². The average molecular weight is 348 g/mol. The zero-order valence-corrected chi connectivity index (χ0v) is 15.9. The maximum absolute atomic E-state index is 5.67. The van der Waals surface area contributed by atoms with Gasteiger partial charge >= 0.3 is 0 Å². The van der Waals surface area contributed by atoms with Crippen molar-refractivity contribution < 1.29 is 9.47 Å². The smallest absolute Gasteiger partial charge is 0.191 e. The Morgan fingerprint density at radius 2 is 2.24 bits per heavy atom. The first-order valence-electron chi connectivity index (χ1n) is 9.08. The molecule has 1 fully saturated rings. The summed E-state index contributed by atoms with van der Waals surface area (Å²) < 4.78 is 11.0. The molecule has 1 aliphatic rings. The average Bonchev–Trinajstić information content (AvgIpc) is 3.13. The number of nitrogens with zero attached hydrogens (tertiary/aromatic N) is 2. The number of benzene rings is 1. The fourth-order valence-corrected chi connectivity index (χ4v) is 2.95. The van der Waals surface area contributed by atoms with Gasteiger partial charge in [-0.25, -0.2) is 0 Å². The molecule has 1 saturated heterocycles. The third kappa shape index (κ3) is 6.21. The lowest BCUT2D eigenvalue weighted by atomic mass is 10.1. The maximum Gasteiger partial charge on any atom is 0.191 e. The van der Waals surface area contributed by atoms with Crippen molar-refractivity contribution >= 4 is 5.96 Å². The quantitative estimate of drug-likeness (QED) is 0.556. The van der Waals surface area contributed by atoms with Crippen molar-refractivity contribution in [1.82, 2.24) is 15.5 Å². The molecule has 0 aliphatic carbocycles. The maximum atomic E-state index is 5.67. The van der Waals surface area contributed by atoms with Gasteiger partial charge < -0.3 is 25.0 Å². The number of aliphatic imine (C=N–C) groups is 1. The first-order valence-corrected chi connectivity index (χ1v) is 9.08. The van der Waals surface area contributed by atoms with Crippen LogP contribution in [0, 0.1) is 0 Å². The van der Waals surface area contributed by atoms with Gasteiger partial charge in [-0.15, -0.1) is 0 Å². The van der Waals surface area contributed by atoms with Crippen molar-refractivity contribution in [2.24, 2.45) is 4.99 Å². The van der Waals surface area contributed by atoms with E-state index in [2.05, 4.69) is 48.7 Å². The molecule has 0 saturated carbocycles. The molecule has 0 aromatic heterocycles. The molecule has 0 spiro atoms. The third-order valence-corrected chi connectivity index (χ3v) is 4.39. The van der Waals surface area contributed by atoms with Gasteiger partial charge in [0.1, 0.15) is 5.75 Å².